The maximum absolute atomic E-state index is 5.99. The highest BCUT2D eigenvalue weighted by molar-refractivity contribution is 5.78. The van der Waals surface area contributed by atoms with E-state index < -0.39 is 0 Å². The molecule has 0 aliphatic heterocycles. The number of unbranched alkanes of at least 4 members (excludes halogenated alkanes) is 1. The van der Waals surface area contributed by atoms with E-state index in [0.717, 1.165) is 23.2 Å². The average molecular weight is 240 g/mol. The summed E-state index contributed by atoms with van der Waals surface area (Å²) in [4.78, 5) is 0. The number of hydrogen-bond donors (Lipinski definition) is 2. The Labute approximate surface area is 109 Å². The van der Waals surface area contributed by atoms with Gasteiger partial charge in [0.2, 0.25) is 0 Å². The lowest BCUT2D eigenvalue weighted by Gasteiger charge is -2.08. The van der Waals surface area contributed by atoms with Crippen LogP contribution < -0.4 is 11.5 Å². The van der Waals surface area contributed by atoms with Crippen molar-refractivity contribution in [1.29, 1.82) is 0 Å². The van der Waals surface area contributed by atoms with Crippen LogP contribution in [0.4, 0.5) is 11.4 Å². The minimum absolute atomic E-state index is 0.704. The van der Waals surface area contributed by atoms with Crippen molar-refractivity contribution in [1.82, 2.24) is 0 Å². The molecule has 2 rings (SSSR count). The molecule has 2 nitrogen and oxygen atoms in total. The van der Waals surface area contributed by atoms with Crippen LogP contribution >= 0.6 is 0 Å². The minimum Gasteiger partial charge on any atom is -0.399 e. The first-order valence-corrected chi connectivity index (χ1v) is 6.45. The first-order chi connectivity index (χ1) is 8.70. The number of nitrogens with two attached hydrogens (primary N) is 2. The van der Waals surface area contributed by atoms with Crippen LogP contribution in [-0.4, -0.2) is 0 Å². The molecule has 0 amide bonds. The second-order valence-electron chi connectivity index (χ2n) is 4.65. The first kappa shape index (κ1) is 12.5. The van der Waals surface area contributed by atoms with E-state index in [4.69, 9.17) is 11.5 Å². The molecule has 0 heterocycles. The monoisotopic (exact) mass is 240 g/mol. The fourth-order valence-electron chi connectivity index (χ4n) is 2.08. The number of benzene rings is 2. The summed E-state index contributed by atoms with van der Waals surface area (Å²) in [7, 11) is 0. The molecule has 18 heavy (non-hydrogen) atoms. The van der Waals surface area contributed by atoms with Gasteiger partial charge in [-0.15, -0.1) is 0 Å². The van der Waals surface area contributed by atoms with Crippen molar-refractivity contribution >= 4 is 11.4 Å². The third-order valence-corrected chi connectivity index (χ3v) is 3.16. The molecule has 2 aromatic carbocycles. The van der Waals surface area contributed by atoms with Crippen LogP contribution in [0.2, 0.25) is 0 Å². The summed E-state index contributed by atoms with van der Waals surface area (Å²) in [5.41, 5.74) is 16.7. The molecule has 0 aliphatic carbocycles. The van der Waals surface area contributed by atoms with Gasteiger partial charge in [-0.3, -0.25) is 0 Å². The smallest absolute Gasteiger partial charge is 0.0414 e. The van der Waals surface area contributed by atoms with Crippen LogP contribution in [0.1, 0.15) is 25.3 Å². The molecule has 0 spiro atoms. The molecule has 0 aromatic heterocycles. The summed E-state index contributed by atoms with van der Waals surface area (Å²) in [5, 5.41) is 0. The lowest BCUT2D eigenvalue weighted by Crippen LogP contribution is -1.93. The Bertz CT molecular complexity index is 515. The number of anilines is 2. The van der Waals surface area contributed by atoms with E-state index in [1.54, 1.807) is 6.07 Å². The SMILES string of the molecule is CCCCc1ccc(-c2ccc(N)cc2N)cc1. The predicted octanol–water partition coefficient (Wildman–Crippen LogP) is 3.86. The molecule has 0 radical (unpaired) electrons. The zero-order chi connectivity index (χ0) is 13.0. The number of aryl methyl sites for hydroxylation is 1. The van der Waals surface area contributed by atoms with Gasteiger partial charge in [0.25, 0.3) is 0 Å². The molecule has 4 N–H and O–H groups in total. The van der Waals surface area contributed by atoms with Crippen molar-refractivity contribution in [3.8, 4) is 11.1 Å². The van der Waals surface area contributed by atoms with Gasteiger partial charge in [0, 0.05) is 16.9 Å². The van der Waals surface area contributed by atoms with E-state index in [9.17, 15) is 0 Å². The molecule has 0 aliphatic rings. The van der Waals surface area contributed by atoms with Crippen LogP contribution in [-0.2, 0) is 6.42 Å². The van der Waals surface area contributed by atoms with Gasteiger partial charge in [0.1, 0.15) is 0 Å². The Morgan fingerprint density at radius 1 is 0.944 bits per heavy atom. The second kappa shape index (κ2) is 5.58. The van der Waals surface area contributed by atoms with E-state index in [0.29, 0.717) is 5.69 Å². The first-order valence-electron chi connectivity index (χ1n) is 6.45. The van der Waals surface area contributed by atoms with Gasteiger partial charge in [-0.1, -0.05) is 43.7 Å². The van der Waals surface area contributed by atoms with Crippen LogP contribution in [0, 0.1) is 0 Å². The van der Waals surface area contributed by atoms with Gasteiger partial charge >= 0.3 is 0 Å². The Balaban J connectivity index is 2.23. The van der Waals surface area contributed by atoms with Gasteiger partial charge in [-0.25, -0.2) is 0 Å². The molecule has 2 aromatic rings. The summed E-state index contributed by atoms with van der Waals surface area (Å²) in [6.07, 6.45) is 3.62. The van der Waals surface area contributed by atoms with Crippen molar-refractivity contribution in [2.24, 2.45) is 0 Å². The summed E-state index contributed by atoms with van der Waals surface area (Å²) >= 11 is 0. The third-order valence-electron chi connectivity index (χ3n) is 3.16. The van der Waals surface area contributed by atoms with Crippen LogP contribution in [0.25, 0.3) is 11.1 Å². The molecule has 0 saturated heterocycles. The van der Waals surface area contributed by atoms with Gasteiger partial charge < -0.3 is 11.5 Å². The van der Waals surface area contributed by atoms with Crippen LogP contribution in [0.3, 0.4) is 0 Å². The quantitative estimate of drug-likeness (QED) is 0.797. The molecule has 0 unspecified atom stereocenters. The Kier molecular flexibility index (Phi) is 3.88. The average Bonchev–Trinajstić information content (AvgIpc) is 2.37. The van der Waals surface area contributed by atoms with Crippen molar-refractivity contribution in [3.05, 3.63) is 48.0 Å². The van der Waals surface area contributed by atoms with Gasteiger partial charge in [0.05, 0.1) is 0 Å². The molecule has 0 fully saturated rings. The highest BCUT2D eigenvalue weighted by Gasteiger charge is 2.03. The van der Waals surface area contributed by atoms with Crippen molar-refractivity contribution < 1.29 is 0 Å². The molecular formula is C16H20N2. The van der Waals surface area contributed by atoms with Gasteiger partial charge in [0.15, 0.2) is 0 Å². The van der Waals surface area contributed by atoms with Crippen molar-refractivity contribution in [2.75, 3.05) is 11.5 Å². The normalized spacial score (nSPS) is 10.5. The molecule has 0 bridgehead atoms. The topological polar surface area (TPSA) is 52.0 Å². The molecule has 0 saturated carbocycles. The fraction of sp³-hybridized carbons (Fsp3) is 0.250. The van der Waals surface area contributed by atoms with Crippen molar-refractivity contribution in [3.63, 3.8) is 0 Å². The zero-order valence-electron chi connectivity index (χ0n) is 10.8. The van der Waals surface area contributed by atoms with Crippen LogP contribution in [0.15, 0.2) is 42.5 Å². The molecule has 94 valence electrons. The third kappa shape index (κ3) is 2.83. The maximum atomic E-state index is 5.99. The van der Waals surface area contributed by atoms with E-state index in [1.807, 2.05) is 12.1 Å². The fourth-order valence-corrected chi connectivity index (χ4v) is 2.08. The standard InChI is InChI=1S/C16H20N2/c1-2-3-4-12-5-7-13(8-6-12)15-10-9-14(17)11-16(15)18/h5-11H,2-4,17-18H2,1H3. The number of hydrogen-bond acceptors (Lipinski definition) is 2. The summed E-state index contributed by atoms with van der Waals surface area (Å²) in [5.74, 6) is 0. The van der Waals surface area contributed by atoms with Crippen molar-refractivity contribution in [2.45, 2.75) is 26.2 Å². The predicted molar refractivity (Wildman–Crippen MR) is 79.3 cm³/mol. The molecule has 0 atom stereocenters. The van der Waals surface area contributed by atoms with E-state index in [-0.39, 0.29) is 0 Å². The second-order valence-corrected chi connectivity index (χ2v) is 4.65. The number of nitrogen functional groups attached to an aromatic ring is 2. The summed E-state index contributed by atoms with van der Waals surface area (Å²) < 4.78 is 0. The number of rotatable bonds is 4. The Morgan fingerprint density at radius 3 is 2.28 bits per heavy atom. The van der Waals surface area contributed by atoms with E-state index >= 15 is 0 Å². The highest BCUT2D eigenvalue weighted by atomic mass is 14.6. The minimum atomic E-state index is 0.704. The lowest BCUT2D eigenvalue weighted by atomic mass is 10.0. The lowest BCUT2D eigenvalue weighted by molar-refractivity contribution is 0.795. The van der Waals surface area contributed by atoms with Crippen LogP contribution in [0.5, 0.6) is 0 Å². The highest BCUT2D eigenvalue weighted by Crippen LogP contribution is 2.27. The zero-order valence-corrected chi connectivity index (χ0v) is 10.8. The summed E-state index contributed by atoms with van der Waals surface area (Å²) in [6.45, 7) is 2.21. The molecular weight excluding hydrogens is 220 g/mol. The Morgan fingerprint density at radius 2 is 1.67 bits per heavy atom. The van der Waals surface area contributed by atoms with E-state index in [2.05, 4.69) is 31.2 Å². The largest absolute Gasteiger partial charge is 0.399 e. The van der Waals surface area contributed by atoms with Gasteiger partial charge in [-0.05, 0) is 36.1 Å². The molecule has 2 heteroatoms. The maximum Gasteiger partial charge on any atom is 0.0414 e. The summed E-state index contributed by atoms with van der Waals surface area (Å²) in [6, 6.07) is 14.3. The van der Waals surface area contributed by atoms with E-state index in [1.165, 1.54) is 18.4 Å². The van der Waals surface area contributed by atoms with Gasteiger partial charge in [-0.2, -0.15) is 0 Å². The Hall–Kier alpha value is -1.96.